The largest absolute Gasteiger partial charge is 0.497 e. The number of nitrogens with zero attached hydrogens (tertiary/aromatic N) is 4. The molecule has 1 aromatic heterocycles. The van der Waals surface area contributed by atoms with Gasteiger partial charge in [-0.3, -0.25) is 9.59 Å². The fraction of sp³-hybridized carbons (Fsp3) is 0.310. The molecule has 1 N–H and O–H groups in total. The summed E-state index contributed by atoms with van der Waals surface area (Å²) in [5.74, 6) is 0.159. The zero-order valence-electron chi connectivity index (χ0n) is 21.9. The molecule has 0 bridgehead atoms. The normalized spacial score (nSPS) is 12.2. The highest BCUT2D eigenvalue weighted by molar-refractivity contribution is 5.89. The third kappa shape index (κ3) is 6.33. The second-order valence-electron chi connectivity index (χ2n) is 10.2. The predicted molar refractivity (Wildman–Crippen MR) is 143 cm³/mol. The summed E-state index contributed by atoms with van der Waals surface area (Å²) in [4.78, 5) is 29.3. The van der Waals surface area contributed by atoms with Gasteiger partial charge in [0.2, 0.25) is 11.8 Å². The number of nitrogens with one attached hydrogen (secondary N) is 1. The van der Waals surface area contributed by atoms with Crippen molar-refractivity contribution in [3.8, 4) is 5.75 Å². The van der Waals surface area contributed by atoms with Gasteiger partial charge in [0, 0.05) is 12.1 Å². The van der Waals surface area contributed by atoms with Crippen LogP contribution < -0.4 is 10.1 Å². The molecule has 0 radical (unpaired) electrons. The van der Waals surface area contributed by atoms with Crippen molar-refractivity contribution in [2.45, 2.75) is 52.4 Å². The highest BCUT2D eigenvalue weighted by Crippen LogP contribution is 2.27. The standard InChI is InChI=1S/C29H33N5O3/c1-20-10-12-21(13-11-20)18-33(26(35)19-34-25-9-7-6-8-24(25)31-32-34)27(28(36)30-29(2,3)4)22-14-16-23(37-5)17-15-22/h6-17,27H,18-19H2,1-5H3,(H,30,36)/t27-/m0/s1. The molecule has 4 rings (SSSR count). The summed E-state index contributed by atoms with van der Waals surface area (Å²) in [5.41, 5.74) is 3.70. The summed E-state index contributed by atoms with van der Waals surface area (Å²) >= 11 is 0. The van der Waals surface area contributed by atoms with Crippen LogP contribution in [0.1, 0.15) is 43.5 Å². The number of amides is 2. The predicted octanol–water partition coefficient (Wildman–Crippen LogP) is 4.43. The third-order valence-electron chi connectivity index (χ3n) is 5.99. The first-order valence-corrected chi connectivity index (χ1v) is 12.2. The van der Waals surface area contributed by atoms with Crippen LogP contribution in [0.2, 0.25) is 0 Å². The number of benzene rings is 3. The Morgan fingerprint density at radius 3 is 2.32 bits per heavy atom. The lowest BCUT2D eigenvalue weighted by atomic mass is 10.0. The fourth-order valence-corrected chi connectivity index (χ4v) is 4.16. The van der Waals surface area contributed by atoms with Crippen LogP contribution in [0.4, 0.5) is 0 Å². The van der Waals surface area contributed by atoms with E-state index < -0.39 is 11.6 Å². The van der Waals surface area contributed by atoms with Gasteiger partial charge in [-0.05, 0) is 63.1 Å². The SMILES string of the molecule is COc1ccc([C@@H](C(=O)NC(C)(C)C)N(Cc2ccc(C)cc2)C(=O)Cn2nnc3ccccc32)cc1. The van der Waals surface area contributed by atoms with E-state index in [1.807, 2.05) is 88.4 Å². The Morgan fingerprint density at radius 1 is 1.00 bits per heavy atom. The van der Waals surface area contributed by atoms with Gasteiger partial charge >= 0.3 is 0 Å². The van der Waals surface area contributed by atoms with E-state index in [2.05, 4.69) is 15.6 Å². The van der Waals surface area contributed by atoms with Crippen molar-refractivity contribution in [1.29, 1.82) is 0 Å². The number of rotatable bonds is 8. The molecule has 1 heterocycles. The van der Waals surface area contributed by atoms with Crippen molar-refractivity contribution in [2.24, 2.45) is 0 Å². The smallest absolute Gasteiger partial charge is 0.247 e. The molecule has 0 saturated carbocycles. The van der Waals surface area contributed by atoms with E-state index in [4.69, 9.17) is 4.74 Å². The molecule has 2 amide bonds. The first kappa shape index (κ1) is 25.9. The first-order valence-electron chi connectivity index (χ1n) is 12.2. The van der Waals surface area contributed by atoms with Gasteiger partial charge in [0.15, 0.2) is 0 Å². The molecule has 8 nitrogen and oxygen atoms in total. The lowest BCUT2D eigenvalue weighted by Gasteiger charge is -2.34. The summed E-state index contributed by atoms with van der Waals surface area (Å²) in [7, 11) is 1.59. The third-order valence-corrected chi connectivity index (χ3v) is 5.99. The Bertz CT molecular complexity index is 1370. The second kappa shape index (κ2) is 10.8. The van der Waals surface area contributed by atoms with Gasteiger partial charge in [-0.2, -0.15) is 0 Å². The number of hydrogen-bond donors (Lipinski definition) is 1. The summed E-state index contributed by atoms with van der Waals surface area (Å²) < 4.78 is 6.89. The molecule has 8 heteroatoms. The van der Waals surface area contributed by atoms with Crippen LogP contribution >= 0.6 is 0 Å². The number of methoxy groups -OCH3 is 1. The number of carbonyl (C=O) groups excluding carboxylic acids is 2. The minimum atomic E-state index is -0.867. The summed E-state index contributed by atoms with van der Waals surface area (Å²) in [6, 6.07) is 21.8. The van der Waals surface area contributed by atoms with Crippen LogP contribution in [-0.2, 0) is 22.7 Å². The molecule has 192 valence electrons. The molecule has 1 atom stereocenters. The number of ether oxygens (including phenoxy) is 1. The number of carbonyl (C=O) groups is 2. The van der Waals surface area contributed by atoms with Crippen molar-refractivity contribution in [3.05, 3.63) is 89.5 Å². The number of para-hydroxylation sites is 1. The maximum absolute atomic E-state index is 14.0. The highest BCUT2D eigenvalue weighted by Gasteiger charge is 2.33. The van der Waals surface area contributed by atoms with Crippen LogP contribution in [0.5, 0.6) is 5.75 Å². The topological polar surface area (TPSA) is 89.4 Å². The minimum Gasteiger partial charge on any atom is -0.497 e. The maximum atomic E-state index is 14.0. The molecule has 3 aromatic carbocycles. The van der Waals surface area contributed by atoms with Gasteiger partial charge < -0.3 is 15.0 Å². The first-order chi connectivity index (χ1) is 17.6. The molecule has 4 aromatic rings. The Hall–Kier alpha value is -4.20. The lowest BCUT2D eigenvalue weighted by Crippen LogP contribution is -2.49. The van der Waals surface area contributed by atoms with Crippen molar-refractivity contribution in [2.75, 3.05) is 7.11 Å². The van der Waals surface area contributed by atoms with E-state index in [-0.39, 0.29) is 24.9 Å². The molecular formula is C29H33N5O3. The lowest BCUT2D eigenvalue weighted by molar-refractivity contribution is -0.142. The van der Waals surface area contributed by atoms with Gasteiger partial charge in [-0.15, -0.1) is 5.10 Å². The number of aromatic nitrogens is 3. The van der Waals surface area contributed by atoms with E-state index in [1.165, 1.54) is 0 Å². The van der Waals surface area contributed by atoms with Gasteiger partial charge in [-0.1, -0.05) is 59.3 Å². The van der Waals surface area contributed by atoms with Crippen LogP contribution in [0.3, 0.4) is 0 Å². The van der Waals surface area contributed by atoms with Gasteiger partial charge in [-0.25, -0.2) is 4.68 Å². The summed E-state index contributed by atoms with van der Waals surface area (Å²) in [6.07, 6.45) is 0. The van der Waals surface area contributed by atoms with Crippen molar-refractivity contribution in [1.82, 2.24) is 25.2 Å². The molecular weight excluding hydrogens is 466 g/mol. The van der Waals surface area contributed by atoms with Crippen LogP contribution in [0.15, 0.2) is 72.8 Å². The minimum absolute atomic E-state index is 0.0537. The van der Waals surface area contributed by atoms with Crippen LogP contribution in [0, 0.1) is 6.92 Å². The zero-order chi connectivity index (χ0) is 26.6. The van der Waals surface area contributed by atoms with Gasteiger partial charge in [0.1, 0.15) is 23.9 Å². The van der Waals surface area contributed by atoms with Crippen molar-refractivity contribution in [3.63, 3.8) is 0 Å². The van der Waals surface area contributed by atoms with E-state index in [1.54, 1.807) is 28.8 Å². The van der Waals surface area contributed by atoms with Gasteiger partial charge in [0.25, 0.3) is 0 Å². The molecule has 0 unspecified atom stereocenters. The molecule has 0 fully saturated rings. The average Bonchev–Trinajstić information content (AvgIpc) is 3.27. The number of hydrogen-bond acceptors (Lipinski definition) is 5. The van der Waals surface area contributed by atoms with E-state index in [0.717, 1.165) is 16.6 Å². The van der Waals surface area contributed by atoms with Crippen LogP contribution in [-0.4, -0.2) is 44.4 Å². The van der Waals surface area contributed by atoms with E-state index in [0.29, 0.717) is 16.8 Å². The molecule has 0 saturated heterocycles. The number of aryl methyl sites for hydroxylation is 1. The molecule has 0 spiro atoms. The second-order valence-corrected chi connectivity index (χ2v) is 10.2. The van der Waals surface area contributed by atoms with E-state index in [9.17, 15) is 9.59 Å². The quantitative estimate of drug-likeness (QED) is 0.387. The summed E-state index contributed by atoms with van der Waals surface area (Å²) in [6.45, 7) is 7.97. The maximum Gasteiger partial charge on any atom is 0.247 e. The molecule has 0 aliphatic heterocycles. The number of fused-ring (bicyclic) bond motifs is 1. The molecule has 37 heavy (non-hydrogen) atoms. The molecule has 0 aliphatic carbocycles. The summed E-state index contributed by atoms with van der Waals surface area (Å²) in [5, 5.41) is 11.4. The Morgan fingerprint density at radius 2 is 1.68 bits per heavy atom. The highest BCUT2D eigenvalue weighted by atomic mass is 16.5. The van der Waals surface area contributed by atoms with Crippen molar-refractivity contribution < 1.29 is 14.3 Å². The fourth-order valence-electron chi connectivity index (χ4n) is 4.16. The Kier molecular flexibility index (Phi) is 7.57. The average molecular weight is 500 g/mol. The molecule has 0 aliphatic rings. The van der Waals surface area contributed by atoms with Crippen molar-refractivity contribution >= 4 is 22.8 Å². The Labute approximate surface area is 217 Å². The van der Waals surface area contributed by atoms with E-state index >= 15 is 0 Å². The van der Waals surface area contributed by atoms with Gasteiger partial charge in [0.05, 0.1) is 12.6 Å². The monoisotopic (exact) mass is 499 g/mol. The van der Waals surface area contributed by atoms with Crippen LogP contribution in [0.25, 0.3) is 11.0 Å². The Balaban J connectivity index is 1.76. The zero-order valence-corrected chi connectivity index (χ0v) is 21.9.